The number of rotatable bonds is 5. The molecule has 5 rings (SSSR count). The Morgan fingerprint density at radius 2 is 2.03 bits per heavy atom. The molecule has 0 spiro atoms. The van der Waals surface area contributed by atoms with E-state index in [-0.39, 0.29) is 18.4 Å². The van der Waals surface area contributed by atoms with Crippen LogP contribution in [-0.4, -0.2) is 49.8 Å². The molecular formula is C22H24N6O3. The first-order valence-corrected chi connectivity index (χ1v) is 10.5. The second-order valence-electron chi connectivity index (χ2n) is 7.69. The number of para-hydroxylation sites is 2. The average Bonchev–Trinajstić information content (AvgIpc) is 3.53. The van der Waals surface area contributed by atoms with E-state index < -0.39 is 0 Å². The van der Waals surface area contributed by atoms with Crippen molar-refractivity contribution in [2.75, 3.05) is 13.1 Å². The summed E-state index contributed by atoms with van der Waals surface area (Å²) in [5.41, 5.74) is 1.71. The van der Waals surface area contributed by atoms with Crippen molar-refractivity contribution in [2.24, 2.45) is 0 Å². The normalized spacial score (nSPS) is 17.8. The third-order valence-corrected chi connectivity index (χ3v) is 5.47. The molecule has 3 aromatic rings. The van der Waals surface area contributed by atoms with E-state index in [0.29, 0.717) is 25.5 Å². The molecule has 2 aliphatic heterocycles. The van der Waals surface area contributed by atoms with Crippen molar-refractivity contribution in [1.82, 2.24) is 29.7 Å². The van der Waals surface area contributed by atoms with Crippen LogP contribution in [0.15, 0.2) is 49.1 Å². The highest BCUT2D eigenvalue weighted by Crippen LogP contribution is 2.35. The zero-order valence-electron chi connectivity index (χ0n) is 17.3. The quantitative estimate of drug-likeness (QED) is 0.682. The minimum Gasteiger partial charge on any atom is -0.451 e. The summed E-state index contributed by atoms with van der Waals surface area (Å²) in [6, 6.07) is 9.36. The molecule has 0 saturated carbocycles. The Morgan fingerprint density at radius 3 is 2.77 bits per heavy atom. The number of amides is 2. The summed E-state index contributed by atoms with van der Waals surface area (Å²) >= 11 is 0. The van der Waals surface area contributed by atoms with Crippen LogP contribution < -0.4 is 14.8 Å². The van der Waals surface area contributed by atoms with E-state index in [1.165, 1.54) is 0 Å². The van der Waals surface area contributed by atoms with Gasteiger partial charge in [0, 0.05) is 37.6 Å². The number of nitrogens with one attached hydrogen (secondary N) is 1. The minimum atomic E-state index is -0.380. The molecule has 1 aromatic carbocycles. The lowest BCUT2D eigenvalue weighted by Crippen LogP contribution is -2.41. The molecule has 0 bridgehead atoms. The number of imidazole rings is 1. The lowest BCUT2D eigenvalue weighted by Gasteiger charge is -2.25. The molecule has 1 atom stereocenters. The van der Waals surface area contributed by atoms with E-state index in [1.807, 2.05) is 48.4 Å². The molecule has 2 aromatic heterocycles. The summed E-state index contributed by atoms with van der Waals surface area (Å²) in [6.07, 6.45) is 7.16. The van der Waals surface area contributed by atoms with Crippen molar-refractivity contribution in [2.45, 2.75) is 38.5 Å². The molecule has 2 aliphatic rings. The molecule has 0 aliphatic carbocycles. The van der Waals surface area contributed by atoms with Gasteiger partial charge < -0.3 is 19.7 Å². The number of benzene rings is 1. The summed E-state index contributed by atoms with van der Waals surface area (Å²) in [5.74, 6) is 2.05. The summed E-state index contributed by atoms with van der Waals surface area (Å²) in [4.78, 5) is 28.0. The number of aromatic nitrogens is 4. The van der Waals surface area contributed by atoms with Crippen molar-refractivity contribution in [3.8, 4) is 17.4 Å². The second kappa shape index (κ2) is 8.25. The van der Waals surface area contributed by atoms with Gasteiger partial charge in [0.05, 0.1) is 11.7 Å². The number of hydrogen-bond donors (Lipinski definition) is 1. The number of carbonyl (C=O) groups is 1. The molecule has 160 valence electrons. The molecule has 1 unspecified atom stereocenters. The Morgan fingerprint density at radius 1 is 1.23 bits per heavy atom. The van der Waals surface area contributed by atoms with Crippen LogP contribution in [0.3, 0.4) is 0 Å². The van der Waals surface area contributed by atoms with E-state index in [2.05, 4.69) is 15.3 Å². The Labute approximate surface area is 180 Å². The fourth-order valence-electron chi connectivity index (χ4n) is 4.03. The maximum absolute atomic E-state index is 12.9. The van der Waals surface area contributed by atoms with Crippen LogP contribution >= 0.6 is 0 Å². The van der Waals surface area contributed by atoms with Gasteiger partial charge in [0.2, 0.25) is 12.2 Å². The largest absolute Gasteiger partial charge is 0.451 e. The van der Waals surface area contributed by atoms with Gasteiger partial charge in [-0.1, -0.05) is 12.1 Å². The van der Waals surface area contributed by atoms with Gasteiger partial charge in [-0.05, 0) is 38.0 Å². The molecule has 2 amide bonds. The van der Waals surface area contributed by atoms with Gasteiger partial charge in [0.1, 0.15) is 6.33 Å². The fraction of sp³-hybridized carbons (Fsp3) is 0.364. The van der Waals surface area contributed by atoms with Crippen LogP contribution in [0.25, 0.3) is 5.95 Å². The number of aryl methyl sites for hydroxylation is 1. The van der Waals surface area contributed by atoms with Crippen molar-refractivity contribution < 1.29 is 14.3 Å². The SMILES string of the molecule is Cc1cc(C2CCCN2C(=O)NCCC2Oc3ccccc3O2)nc(-n2ccnc2)n1. The van der Waals surface area contributed by atoms with Gasteiger partial charge in [-0.2, -0.15) is 0 Å². The zero-order valence-corrected chi connectivity index (χ0v) is 17.3. The van der Waals surface area contributed by atoms with Crippen molar-refractivity contribution in [3.05, 3.63) is 60.4 Å². The molecule has 0 radical (unpaired) electrons. The van der Waals surface area contributed by atoms with Crippen LogP contribution in [0, 0.1) is 6.92 Å². The van der Waals surface area contributed by atoms with Gasteiger partial charge in [-0.3, -0.25) is 4.57 Å². The first-order valence-electron chi connectivity index (χ1n) is 10.5. The number of hydrogen-bond acceptors (Lipinski definition) is 6. The van der Waals surface area contributed by atoms with Crippen LogP contribution in [0.5, 0.6) is 11.5 Å². The first-order chi connectivity index (χ1) is 15.2. The first kappa shape index (κ1) is 19.3. The highest BCUT2D eigenvalue weighted by molar-refractivity contribution is 5.75. The Bertz CT molecular complexity index is 1050. The van der Waals surface area contributed by atoms with Crippen LogP contribution in [0.2, 0.25) is 0 Å². The van der Waals surface area contributed by atoms with E-state index in [4.69, 9.17) is 14.5 Å². The summed E-state index contributed by atoms with van der Waals surface area (Å²) in [7, 11) is 0. The standard InChI is InChI=1S/C22H24N6O3/c1-15-13-16(26-21(25-15)27-12-10-23-14-27)17-5-4-11-28(17)22(29)24-9-8-20-30-18-6-2-3-7-19(18)31-20/h2-3,6-7,10,12-14,17,20H,4-5,8-9,11H2,1H3,(H,24,29). The molecule has 1 fully saturated rings. The van der Waals surface area contributed by atoms with E-state index in [9.17, 15) is 4.79 Å². The van der Waals surface area contributed by atoms with Crippen molar-refractivity contribution in [3.63, 3.8) is 0 Å². The van der Waals surface area contributed by atoms with Gasteiger partial charge >= 0.3 is 6.03 Å². The zero-order chi connectivity index (χ0) is 21.2. The van der Waals surface area contributed by atoms with E-state index in [0.717, 1.165) is 35.7 Å². The second-order valence-corrected chi connectivity index (χ2v) is 7.69. The van der Waals surface area contributed by atoms with Crippen LogP contribution in [-0.2, 0) is 0 Å². The average molecular weight is 420 g/mol. The number of nitrogens with zero attached hydrogens (tertiary/aromatic N) is 5. The third kappa shape index (κ3) is 4.03. The van der Waals surface area contributed by atoms with Crippen molar-refractivity contribution >= 4 is 6.03 Å². The Balaban J connectivity index is 1.21. The van der Waals surface area contributed by atoms with Crippen molar-refractivity contribution in [1.29, 1.82) is 0 Å². The lowest BCUT2D eigenvalue weighted by atomic mass is 10.1. The predicted octanol–water partition coefficient (Wildman–Crippen LogP) is 3.00. The summed E-state index contributed by atoms with van der Waals surface area (Å²) in [6.45, 7) is 3.09. The monoisotopic (exact) mass is 420 g/mol. The maximum Gasteiger partial charge on any atom is 0.317 e. The molecule has 9 nitrogen and oxygen atoms in total. The van der Waals surface area contributed by atoms with Gasteiger partial charge in [-0.25, -0.2) is 19.7 Å². The highest BCUT2D eigenvalue weighted by atomic mass is 16.7. The molecule has 1 N–H and O–H groups in total. The van der Waals surface area contributed by atoms with Gasteiger partial charge in [0.15, 0.2) is 11.5 Å². The Hall–Kier alpha value is -3.62. The molecule has 4 heterocycles. The molecule has 31 heavy (non-hydrogen) atoms. The number of carbonyl (C=O) groups excluding carboxylic acids is 1. The predicted molar refractivity (Wildman–Crippen MR) is 112 cm³/mol. The third-order valence-electron chi connectivity index (χ3n) is 5.47. The molecule has 9 heteroatoms. The highest BCUT2D eigenvalue weighted by Gasteiger charge is 2.32. The number of urea groups is 1. The van der Waals surface area contributed by atoms with Gasteiger partial charge in [-0.15, -0.1) is 0 Å². The van der Waals surface area contributed by atoms with Gasteiger partial charge in [0.25, 0.3) is 0 Å². The summed E-state index contributed by atoms with van der Waals surface area (Å²) in [5, 5.41) is 3.00. The lowest BCUT2D eigenvalue weighted by molar-refractivity contribution is 0.0425. The molecular weight excluding hydrogens is 396 g/mol. The van der Waals surface area contributed by atoms with E-state index in [1.54, 1.807) is 17.1 Å². The number of ether oxygens (including phenoxy) is 2. The fourth-order valence-corrected chi connectivity index (χ4v) is 4.03. The Kier molecular flexibility index (Phi) is 5.15. The molecule has 1 saturated heterocycles. The number of likely N-dealkylation sites (tertiary alicyclic amines) is 1. The smallest absolute Gasteiger partial charge is 0.317 e. The minimum absolute atomic E-state index is 0.0767. The van der Waals surface area contributed by atoms with Crippen LogP contribution in [0.4, 0.5) is 4.79 Å². The maximum atomic E-state index is 12.9. The van der Waals surface area contributed by atoms with E-state index >= 15 is 0 Å². The summed E-state index contributed by atoms with van der Waals surface area (Å²) < 4.78 is 13.3. The number of fused-ring (bicyclic) bond motifs is 1. The topological polar surface area (TPSA) is 94.4 Å². The van der Waals surface area contributed by atoms with Crippen LogP contribution in [0.1, 0.15) is 36.7 Å².